The molecule has 4 rings (SSSR count). The summed E-state index contributed by atoms with van der Waals surface area (Å²) < 4.78 is 45.7. The van der Waals surface area contributed by atoms with E-state index in [4.69, 9.17) is 4.52 Å². The zero-order chi connectivity index (χ0) is 25.5. The average Bonchev–Trinajstić information content (AvgIpc) is 3.33. The van der Waals surface area contributed by atoms with Crippen LogP contribution in [0.2, 0.25) is 0 Å². The fraction of sp³-hybridized carbons (Fsp3) is 0.261. The number of H-pyrrole nitrogens is 1. The largest absolute Gasteiger partial charge is 0.573 e. The molecule has 0 spiro atoms. The standard InChI is InChI=1S/C23H21F3N6O4/c24-23(25,26)35-15-8-6-14(7-9-15)20-29-19(36-32-20)11-10-18(33)27-12-3-13-28-21-16-4-1-2-5-17(16)22(34)31-30-21/h1-2,4-9H,3,10-13H2,(H,27,33)(H,28,30)(H,31,34). The van der Waals surface area contributed by atoms with Crippen molar-refractivity contribution in [2.24, 2.45) is 0 Å². The van der Waals surface area contributed by atoms with Gasteiger partial charge in [-0.05, 0) is 36.8 Å². The van der Waals surface area contributed by atoms with Gasteiger partial charge in [0, 0.05) is 36.9 Å². The van der Waals surface area contributed by atoms with E-state index < -0.39 is 6.36 Å². The number of ether oxygens (including phenoxy) is 1. The molecule has 0 aliphatic heterocycles. The van der Waals surface area contributed by atoms with E-state index in [9.17, 15) is 22.8 Å². The maximum Gasteiger partial charge on any atom is 0.573 e. The first-order valence-electron chi connectivity index (χ1n) is 11.0. The highest BCUT2D eigenvalue weighted by atomic mass is 19.4. The van der Waals surface area contributed by atoms with Crippen molar-refractivity contribution in [1.82, 2.24) is 25.7 Å². The molecule has 2 heterocycles. The molecule has 0 bridgehead atoms. The van der Waals surface area contributed by atoms with Crippen LogP contribution in [0, 0.1) is 0 Å². The van der Waals surface area contributed by atoms with Crippen molar-refractivity contribution in [3.05, 3.63) is 64.8 Å². The molecule has 0 saturated heterocycles. The number of aromatic amines is 1. The van der Waals surface area contributed by atoms with E-state index in [1.54, 1.807) is 12.1 Å². The first kappa shape index (κ1) is 24.7. The fourth-order valence-corrected chi connectivity index (χ4v) is 3.36. The number of anilines is 1. The minimum absolute atomic E-state index is 0.125. The monoisotopic (exact) mass is 502 g/mol. The molecule has 1 amide bonds. The van der Waals surface area contributed by atoms with Crippen LogP contribution in [-0.4, -0.2) is 45.7 Å². The Labute approximate surface area is 201 Å². The highest BCUT2D eigenvalue weighted by Crippen LogP contribution is 2.25. The molecule has 36 heavy (non-hydrogen) atoms. The van der Waals surface area contributed by atoms with Gasteiger partial charge in [0.05, 0.1) is 5.39 Å². The quantitative estimate of drug-likeness (QED) is 0.281. The van der Waals surface area contributed by atoms with Crippen LogP contribution in [0.3, 0.4) is 0 Å². The number of fused-ring (bicyclic) bond motifs is 1. The number of benzene rings is 2. The zero-order valence-electron chi connectivity index (χ0n) is 18.8. The summed E-state index contributed by atoms with van der Waals surface area (Å²) in [6, 6.07) is 12.2. The first-order chi connectivity index (χ1) is 17.3. The average molecular weight is 502 g/mol. The van der Waals surface area contributed by atoms with Gasteiger partial charge in [-0.25, -0.2) is 5.10 Å². The molecule has 0 atom stereocenters. The van der Waals surface area contributed by atoms with Crippen LogP contribution in [0.4, 0.5) is 19.0 Å². The molecule has 0 saturated carbocycles. The van der Waals surface area contributed by atoms with Gasteiger partial charge in [-0.2, -0.15) is 10.1 Å². The third kappa shape index (κ3) is 6.58. The first-order valence-corrected chi connectivity index (χ1v) is 11.0. The molecular weight excluding hydrogens is 481 g/mol. The molecule has 10 nitrogen and oxygen atoms in total. The summed E-state index contributed by atoms with van der Waals surface area (Å²) >= 11 is 0. The van der Waals surface area contributed by atoms with Crippen molar-refractivity contribution in [1.29, 1.82) is 0 Å². The van der Waals surface area contributed by atoms with Crippen LogP contribution < -0.4 is 20.9 Å². The number of halogens is 3. The van der Waals surface area contributed by atoms with Crippen molar-refractivity contribution in [3.63, 3.8) is 0 Å². The molecule has 0 aliphatic rings. The van der Waals surface area contributed by atoms with Gasteiger partial charge in [0.25, 0.3) is 5.56 Å². The van der Waals surface area contributed by atoms with Crippen molar-refractivity contribution in [3.8, 4) is 17.1 Å². The van der Waals surface area contributed by atoms with E-state index in [0.717, 1.165) is 17.5 Å². The Balaban J connectivity index is 1.18. The summed E-state index contributed by atoms with van der Waals surface area (Å²) in [4.78, 5) is 28.1. The van der Waals surface area contributed by atoms with Gasteiger partial charge in [0.1, 0.15) is 5.75 Å². The van der Waals surface area contributed by atoms with Gasteiger partial charge in [-0.1, -0.05) is 23.4 Å². The molecule has 0 radical (unpaired) electrons. The Kier molecular flexibility index (Phi) is 7.47. The molecule has 2 aromatic carbocycles. The second kappa shape index (κ2) is 10.9. The molecule has 4 aromatic rings. The second-order valence-corrected chi connectivity index (χ2v) is 7.66. The topological polar surface area (TPSA) is 135 Å². The van der Waals surface area contributed by atoms with Gasteiger partial charge in [-0.3, -0.25) is 9.59 Å². The van der Waals surface area contributed by atoms with Gasteiger partial charge in [-0.15, -0.1) is 13.2 Å². The van der Waals surface area contributed by atoms with E-state index in [2.05, 4.69) is 35.7 Å². The predicted octanol–water partition coefficient (Wildman–Crippen LogP) is 3.42. The van der Waals surface area contributed by atoms with Crippen molar-refractivity contribution < 1.29 is 27.2 Å². The summed E-state index contributed by atoms with van der Waals surface area (Å²) in [5.74, 6) is 0.430. The number of aromatic nitrogens is 4. The van der Waals surface area contributed by atoms with Crippen LogP contribution in [0.1, 0.15) is 18.7 Å². The maximum absolute atomic E-state index is 12.3. The van der Waals surface area contributed by atoms with Crippen LogP contribution >= 0.6 is 0 Å². The minimum Gasteiger partial charge on any atom is -0.406 e. The van der Waals surface area contributed by atoms with Crippen LogP contribution in [0.5, 0.6) is 5.75 Å². The van der Waals surface area contributed by atoms with Crippen LogP contribution in [0.15, 0.2) is 57.8 Å². The van der Waals surface area contributed by atoms with E-state index in [-0.39, 0.29) is 41.8 Å². The number of nitrogens with one attached hydrogen (secondary N) is 3. The third-order valence-corrected chi connectivity index (χ3v) is 5.04. The Morgan fingerprint density at radius 1 is 1.06 bits per heavy atom. The fourth-order valence-electron chi connectivity index (χ4n) is 3.36. The highest BCUT2D eigenvalue weighted by molar-refractivity contribution is 5.90. The number of alkyl halides is 3. The summed E-state index contributed by atoms with van der Waals surface area (Å²) in [6.45, 7) is 0.956. The molecule has 3 N–H and O–H groups in total. The summed E-state index contributed by atoms with van der Waals surface area (Å²) in [5, 5.41) is 17.5. The zero-order valence-corrected chi connectivity index (χ0v) is 18.8. The SMILES string of the molecule is O=C(CCc1nc(-c2ccc(OC(F)(F)F)cc2)no1)NCCCNc1n[nH]c(=O)c2ccccc12. The molecule has 0 aliphatic carbocycles. The molecule has 2 aromatic heterocycles. The van der Waals surface area contributed by atoms with Crippen molar-refractivity contribution >= 4 is 22.5 Å². The molecule has 0 fully saturated rings. The van der Waals surface area contributed by atoms with Gasteiger partial charge in [0.2, 0.25) is 17.6 Å². The van der Waals surface area contributed by atoms with Crippen LogP contribution in [-0.2, 0) is 11.2 Å². The van der Waals surface area contributed by atoms with Crippen molar-refractivity contribution in [2.75, 3.05) is 18.4 Å². The lowest BCUT2D eigenvalue weighted by Crippen LogP contribution is -2.26. The Hall–Kier alpha value is -4.42. The van der Waals surface area contributed by atoms with Crippen LogP contribution in [0.25, 0.3) is 22.2 Å². The lowest BCUT2D eigenvalue weighted by molar-refractivity contribution is -0.274. The second-order valence-electron chi connectivity index (χ2n) is 7.66. The number of aryl methyl sites for hydroxylation is 1. The molecule has 188 valence electrons. The Morgan fingerprint density at radius 3 is 2.56 bits per heavy atom. The highest BCUT2D eigenvalue weighted by Gasteiger charge is 2.31. The summed E-state index contributed by atoms with van der Waals surface area (Å²) in [7, 11) is 0. The molecule has 13 heteroatoms. The van der Waals surface area contributed by atoms with E-state index in [1.807, 2.05) is 12.1 Å². The lowest BCUT2D eigenvalue weighted by atomic mass is 10.2. The number of rotatable bonds is 10. The minimum atomic E-state index is -4.77. The smallest absolute Gasteiger partial charge is 0.406 e. The number of nitrogens with zero attached hydrogens (tertiary/aromatic N) is 3. The number of amides is 1. The molecular formula is C23H21F3N6O4. The van der Waals surface area contributed by atoms with E-state index >= 15 is 0 Å². The number of carbonyl (C=O) groups excluding carboxylic acids is 1. The number of hydrogen-bond donors (Lipinski definition) is 3. The normalized spacial score (nSPS) is 11.4. The van der Waals surface area contributed by atoms with E-state index in [0.29, 0.717) is 36.3 Å². The summed E-state index contributed by atoms with van der Waals surface area (Å²) in [6.07, 6.45) is -3.81. The van der Waals surface area contributed by atoms with Crippen molar-refractivity contribution in [2.45, 2.75) is 25.6 Å². The van der Waals surface area contributed by atoms with Gasteiger partial charge in [0.15, 0.2) is 5.82 Å². The third-order valence-electron chi connectivity index (χ3n) is 5.04. The summed E-state index contributed by atoms with van der Waals surface area (Å²) in [5.41, 5.74) is 0.187. The lowest BCUT2D eigenvalue weighted by Gasteiger charge is -2.08. The Morgan fingerprint density at radius 2 is 1.81 bits per heavy atom. The number of carbonyl (C=O) groups is 1. The van der Waals surface area contributed by atoms with Gasteiger partial charge < -0.3 is 19.9 Å². The Bertz CT molecular complexity index is 1390. The molecule has 0 unspecified atom stereocenters. The van der Waals surface area contributed by atoms with Gasteiger partial charge >= 0.3 is 6.36 Å². The van der Waals surface area contributed by atoms with E-state index in [1.165, 1.54) is 12.1 Å². The maximum atomic E-state index is 12.3. The predicted molar refractivity (Wildman–Crippen MR) is 123 cm³/mol. The number of hydrogen-bond acceptors (Lipinski definition) is 8.